The predicted octanol–water partition coefficient (Wildman–Crippen LogP) is 3.21. The highest BCUT2D eigenvalue weighted by atomic mass is 16.1. The summed E-state index contributed by atoms with van der Waals surface area (Å²) in [6.07, 6.45) is 0.918. The molecular formula is C20H26N2O. The lowest BCUT2D eigenvalue weighted by molar-refractivity contribution is 0.0941. The lowest BCUT2D eigenvalue weighted by Crippen LogP contribution is -2.41. The second kappa shape index (κ2) is 7.93. The van der Waals surface area contributed by atoms with E-state index in [0.29, 0.717) is 6.54 Å². The number of hydrogen-bond acceptors (Lipinski definition) is 2. The monoisotopic (exact) mass is 310 g/mol. The molecule has 0 aliphatic carbocycles. The van der Waals surface area contributed by atoms with Crippen molar-refractivity contribution in [3.8, 4) is 0 Å². The highest BCUT2D eigenvalue weighted by molar-refractivity contribution is 5.95. The predicted molar refractivity (Wildman–Crippen MR) is 95.9 cm³/mol. The molecular weight excluding hydrogens is 284 g/mol. The highest BCUT2D eigenvalue weighted by Crippen LogP contribution is 2.13. The summed E-state index contributed by atoms with van der Waals surface area (Å²) >= 11 is 0. The Morgan fingerprint density at radius 1 is 1.04 bits per heavy atom. The molecule has 1 N–H and O–H groups in total. The maximum atomic E-state index is 12.5. The molecule has 0 aliphatic heterocycles. The Hall–Kier alpha value is -2.13. The highest BCUT2D eigenvalue weighted by Gasteiger charge is 2.15. The average Bonchev–Trinajstić information content (AvgIpc) is 2.54. The van der Waals surface area contributed by atoms with Gasteiger partial charge in [0.2, 0.25) is 0 Å². The van der Waals surface area contributed by atoms with E-state index in [4.69, 9.17) is 0 Å². The Morgan fingerprint density at radius 3 is 2.39 bits per heavy atom. The minimum absolute atomic E-state index is 0.00566. The van der Waals surface area contributed by atoms with Crippen molar-refractivity contribution in [1.29, 1.82) is 0 Å². The van der Waals surface area contributed by atoms with Gasteiger partial charge in [0.1, 0.15) is 0 Å². The molecule has 0 radical (unpaired) electrons. The molecule has 0 aliphatic rings. The minimum Gasteiger partial charge on any atom is -0.350 e. The zero-order valence-electron chi connectivity index (χ0n) is 14.5. The Labute approximate surface area is 139 Å². The van der Waals surface area contributed by atoms with Crippen molar-refractivity contribution >= 4 is 5.91 Å². The summed E-state index contributed by atoms with van der Waals surface area (Å²) in [5, 5.41) is 3.09. The molecule has 0 fully saturated rings. The third-order valence-electron chi connectivity index (χ3n) is 4.39. The molecule has 0 saturated carbocycles. The number of nitrogens with one attached hydrogen (secondary N) is 1. The average molecular weight is 310 g/mol. The van der Waals surface area contributed by atoms with Gasteiger partial charge in [-0.1, -0.05) is 42.5 Å². The Morgan fingerprint density at radius 2 is 1.74 bits per heavy atom. The topological polar surface area (TPSA) is 32.3 Å². The van der Waals surface area contributed by atoms with Crippen molar-refractivity contribution in [2.24, 2.45) is 0 Å². The molecule has 2 rings (SSSR count). The number of hydrogen-bond donors (Lipinski definition) is 1. The first-order valence-electron chi connectivity index (χ1n) is 8.04. The van der Waals surface area contributed by atoms with Gasteiger partial charge in [0, 0.05) is 18.2 Å². The maximum Gasteiger partial charge on any atom is 0.251 e. The SMILES string of the molecule is Cc1cccc(C(=O)NCC(Cc2ccccc2)N(C)C)c1C. The van der Waals surface area contributed by atoms with E-state index in [1.807, 2.05) is 38.1 Å². The fourth-order valence-corrected chi connectivity index (χ4v) is 2.63. The molecule has 0 aromatic heterocycles. The normalized spacial score (nSPS) is 12.2. The lowest BCUT2D eigenvalue weighted by Gasteiger charge is -2.25. The maximum absolute atomic E-state index is 12.5. The van der Waals surface area contributed by atoms with Gasteiger partial charge in [0.15, 0.2) is 0 Å². The van der Waals surface area contributed by atoms with E-state index >= 15 is 0 Å². The molecule has 1 amide bonds. The molecule has 122 valence electrons. The standard InChI is InChI=1S/C20H26N2O/c1-15-9-8-12-19(16(15)2)20(23)21-14-18(22(3)4)13-17-10-6-5-7-11-17/h5-12,18H,13-14H2,1-4H3,(H,21,23). The Kier molecular flexibility index (Phi) is 5.94. The van der Waals surface area contributed by atoms with Crippen LogP contribution >= 0.6 is 0 Å². The third kappa shape index (κ3) is 4.67. The van der Waals surface area contributed by atoms with Gasteiger partial charge in [-0.3, -0.25) is 4.79 Å². The fourth-order valence-electron chi connectivity index (χ4n) is 2.63. The van der Waals surface area contributed by atoms with E-state index in [2.05, 4.69) is 48.6 Å². The zero-order valence-corrected chi connectivity index (χ0v) is 14.5. The van der Waals surface area contributed by atoms with E-state index in [1.54, 1.807) is 0 Å². The van der Waals surface area contributed by atoms with Gasteiger partial charge in [0.25, 0.3) is 5.91 Å². The van der Waals surface area contributed by atoms with Crippen LogP contribution in [0, 0.1) is 13.8 Å². The minimum atomic E-state index is 0.00566. The van der Waals surface area contributed by atoms with E-state index in [0.717, 1.165) is 23.1 Å². The number of carbonyl (C=O) groups is 1. The zero-order chi connectivity index (χ0) is 16.8. The number of likely N-dealkylation sites (N-methyl/N-ethyl adjacent to an activating group) is 1. The van der Waals surface area contributed by atoms with E-state index in [1.165, 1.54) is 5.56 Å². The molecule has 3 heteroatoms. The molecule has 0 heterocycles. The van der Waals surface area contributed by atoms with E-state index in [-0.39, 0.29) is 11.9 Å². The van der Waals surface area contributed by atoms with E-state index in [9.17, 15) is 4.79 Å². The number of benzene rings is 2. The summed E-state index contributed by atoms with van der Waals surface area (Å²) in [5.74, 6) is 0.00566. The van der Waals surface area contributed by atoms with Crippen LogP contribution in [0.5, 0.6) is 0 Å². The van der Waals surface area contributed by atoms with Gasteiger partial charge in [0.05, 0.1) is 0 Å². The van der Waals surface area contributed by atoms with Crippen molar-refractivity contribution in [2.75, 3.05) is 20.6 Å². The summed E-state index contributed by atoms with van der Waals surface area (Å²) in [6.45, 7) is 4.66. The number of nitrogens with zero attached hydrogens (tertiary/aromatic N) is 1. The van der Waals surface area contributed by atoms with Crippen LogP contribution in [0.15, 0.2) is 48.5 Å². The first kappa shape index (κ1) is 17.2. The van der Waals surface area contributed by atoms with E-state index < -0.39 is 0 Å². The van der Waals surface area contributed by atoms with Crippen LogP contribution in [0.25, 0.3) is 0 Å². The van der Waals surface area contributed by atoms with Crippen molar-refractivity contribution in [3.05, 3.63) is 70.8 Å². The molecule has 2 aromatic carbocycles. The summed E-state index contributed by atoms with van der Waals surface area (Å²) < 4.78 is 0. The lowest BCUT2D eigenvalue weighted by atomic mass is 10.0. The van der Waals surface area contributed by atoms with Crippen LogP contribution in [0.4, 0.5) is 0 Å². The molecule has 1 unspecified atom stereocenters. The van der Waals surface area contributed by atoms with Crippen molar-refractivity contribution in [1.82, 2.24) is 10.2 Å². The van der Waals surface area contributed by atoms with Crippen LogP contribution in [0.1, 0.15) is 27.0 Å². The molecule has 0 saturated heterocycles. The third-order valence-corrected chi connectivity index (χ3v) is 4.39. The molecule has 0 bridgehead atoms. The first-order chi connectivity index (χ1) is 11.0. The molecule has 3 nitrogen and oxygen atoms in total. The smallest absolute Gasteiger partial charge is 0.251 e. The summed E-state index contributed by atoms with van der Waals surface area (Å²) in [7, 11) is 4.11. The summed E-state index contributed by atoms with van der Waals surface area (Å²) in [5.41, 5.74) is 4.25. The van der Waals surface area contributed by atoms with Crippen LogP contribution in [-0.2, 0) is 6.42 Å². The first-order valence-corrected chi connectivity index (χ1v) is 8.04. The second-order valence-corrected chi connectivity index (χ2v) is 6.26. The van der Waals surface area contributed by atoms with Gasteiger partial charge < -0.3 is 10.2 Å². The quantitative estimate of drug-likeness (QED) is 0.888. The summed E-state index contributed by atoms with van der Waals surface area (Å²) in [6, 6.07) is 16.5. The largest absolute Gasteiger partial charge is 0.350 e. The van der Waals surface area contributed by atoms with Crippen LogP contribution in [0.2, 0.25) is 0 Å². The van der Waals surface area contributed by atoms with Crippen molar-refractivity contribution in [2.45, 2.75) is 26.3 Å². The van der Waals surface area contributed by atoms with Crippen molar-refractivity contribution < 1.29 is 4.79 Å². The van der Waals surface area contributed by atoms with Gasteiger partial charge in [-0.2, -0.15) is 0 Å². The number of aryl methyl sites for hydroxylation is 1. The summed E-state index contributed by atoms with van der Waals surface area (Å²) in [4.78, 5) is 14.6. The van der Waals surface area contributed by atoms with Gasteiger partial charge in [-0.05, 0) is 57.1 Å². The van der Waals surface area contributed by atoms with Crippen molar-refractivity contribution in [3.63, 3.8) is 0 Å². The van der Waals surface area contributed by atoms with Crippen LogP contribution < -0.4 is 5.32 Å². The second-order valence-electron chi connectivity index (χ2n) is 6.26. The van der Waals surface area contributed by atoms with Crippen LogP contribution in [-0.4, -0.2) is 37.5 Å². The molecule has 0 spiro atoms. The van der Waals surface area contributed by atoms with Gasteiger partial charge >= 0.3 is 0 Å². The molecule has 23 heavy (non-hydrogen) atoms. The number of amides is 1. The molecule has 2 aromatic rings. The Balaban J connectivity index is 2.01. The van der Waals surface area contributed by atoms with Crippen LogP contribution in [0.3, 0.4) is 0 Å². The molecule has 1 atom stereocenters. The fraction of sp³-hybridized carbons (Fsp3) is 0.350. The Bertz CT molecular complexity index is 650. The van der Waals surface area contributed by atoms with Gasteiger partial charge in [-0.25, -0.2) is 0 Å². The number of rotatable bonds is 6. The number of carbonyl (C=O) groups excluding carboxylic acids is 1. The van der Waals surface area contributed by atoms with Gasteiger partial charge in [-0.15, -0.1) is 0 Å².